The van der Waals surface area contributed by atoms with Gasteiger partial charge in [0.15, 0.2) is 0 Å². The first-order valence-electron chi connectivity index (χ1n) is 11.1. The van der Waals surface area contributed by atoms with Gasteiger partial charge in [0.05, 0.1) is 11.6 Å². The third-order valence-corrected chi connectivity index (χ3v) is 7.41. The molecule has 1 unspecified atom stereocenters. The highest BCUT2D eigenvalue weighted by molar-refractivity contribution is 7.79. The summed E-state index contributed by atoms with van der Waals surface area (Å²) in [4.78, 5) is 27.4. The molecule has 2 rings (SSSR count). The van der Waals surface area contributed by atoms with Gasteiger partial charge in [-0.05, 0) is 59.6 Å². The van der Waals surface area contributed by atoms with Crippen LogP contribution in [0, 0.1) is 22.7 Å². The Morgan fingerprint density at radius 3 is 2.25 bits per heavy atom. The maximum absolute atomic E-state index is 13.6. The zero-order valence-electron chi connectivity index (χ0n) is 21.3. The molecule has 1 amide bonds. The standard InChI is InChI=1S/C26H40N3O2P/c1-17-12-13-20(32(9,10)11)19(16-17)27-18(2)21-22(28-31)23(26(6,7)8)29(24(21)30)15-14-25(3,4)5/h12-13,16,23,27H,2,9,14-15H2,1,3-8,10-11H3. The van der Waals surface area contributed by atoms with Crippen molar-refractivity contribution in [1.82, 2.24) is 4.90 Å². The Balaban J connectivity index is 2.52. The van der Waals surface area contributed by atoms with Crippen molar-refractivity contribution in [2.75, 3.05) is 25.2 Å². The van der Waals surface area contributed by atoms with Crippen LogP contribution < -0.4 is 10.6 Å². The van der Waals surface area contributed by atoms with Crippen LogP contribution in [0.15, 0.2) is 46.9 Å². The third-order valence-electron chi connectivity index (χ3n) is 5.71. The number of hydrogen-bond acceptors (Lipinski definition) is 4. The van der Waals surface area contributed by atoms with Gasteiger partial charge in [-0.25, -0.2) is 0 Å². The molecule has 1 aromatic carbocycles. The molecule has 1 aliphatic rings. The van der Waals surface area contributed by atoms with Gasteiger partial charge >= 0.3 is 0 Å². The van der Waals surface area contributed by atoms with Gasteiger partial charge in [-0.2, -0.15) is 0 Å². The SMILES string of the molecule is C=C(Nc1cc(C)ccc1P(=C)(C)C)C1=C(N=O)C(C(C)(C)C)N(CCC(C)(C)C)C1=O. The van der Waals surface area contributed by atoms with Gasteiger partial charge in [0.1, 0.15) is 5.70 Å². The van der Waals surface area contributed by atoms with Gasteiger partial charge < -0.3 is 10.2 Å². The molecule has 6 heteroatoms. The number of aryl methyl sites for hydroxylation is 1. The molecule has 0 aromatic heterocycles. The lowest BCUT2D eigenvalue weighted by Gasteiger charge is -2.36. The highest BCUT2D eigenvalue weighted by Gasteiger charge is 2.47. The van der Waals surface area contributed by atoms with Crippen LogP contribution in [0.25, 0.3) is 0 Å². The summed E-state index contributed by atoms with van der Waals surface area (Å²) in [5, 5.41) is 7.84. The first-order valence-corrected chi connectivity index (χ1v) is 14.0. The Morgan fingerprint density at radius 2 is 1.78 bits per heavy atom. The molecule has 1 heterocycles. The van der Waals surface area contributed by atoms with Crippen LogP contribution in [0.2, 0.25) is 0 Å². The lowest BCUT2D eigenvalue weighted by molar-refractivity contribution is -0.128. The van der Waals surface area contributed by atoms with Crippen LogP contribution in [0.5, 0.6) is 0 Å². The fourth-order valence-corrected chi connectivity index (χ4v) is 5.35. The number of nitrogens with zero attached hydrogens (tertiary/aromatic N) is 2. The van der Waals surface area contributed by atoms with E-state index >= 15 is 0 Å². The molecule has 0 radical (unpaired) electrons. The number of hydrogen-bond donors (Lipinski definition) is 1. The highest BCUT2D eigenvalue weighted by atomic mass is 31.2. The molecule has 0 aliphatic carbocycles. The van der Waals surface area contributed by atoms with E-state index in [9.17, 15) is 9.70 Å². The lowest BCUT2D eigenvalue weighted by Crippen LogP contribution is -2.44. The van der Waals surface area contributed by atoms with Gasteiger partial charge in [-0.15, -0.1) is 4.91 Å². The van der Waals surface area contributed by atoms with Crippen LogP contribution in [0.3, 0.4) is 0 Å². The van der Waals surface area contributed by atoms with Crippen LogP contribution >= 0.6 is 6.89 Å². The summed E-state index contributed by atoms with van der Waals surface area (Å²) >= 11 is 0. The lowest BCUT2D eigenvalue weighted by atomic mass is 9.84. The zero-order chi connectivity index (χ0) is 24.6. The van der Waals surface area contributed by atoms with E-state index in [1.165, 1.54) is 0 Å². The summed E-state index contributed by atoms with van der Waals surface area (Å²) in [5.74, 6) is -0.181. The second-order valence-corrected chi connectivity index (χ2v) is 15.6. The summed E-state index contributed by atoms with van der Waals surface area (Å²) in [5.41, 5.74) is 2.68. The maximum atomic E-state index is 13.6. The van der Waals surface area contributed by atoms with Gasteiger partial charge in [0.2, 0.25) is 0 Å². The van der Waals surface area contributed by atoms with E-state index in [0.29, 0.717) is 17.8 Å². The first-order chi connectivity index (χ1) is 14.5. The minimum absolute atomic E-state index is 0.0649. The van der Waals surface area contributed by atoms with Crippen molar-refractivity contribution in [1.29, 1.82) is 0 Å². The summed E-state index contributed by atoms with van der Waals surface area (Å²) in [6, 6.07) is 5.80. The van der Waals surface area contributed by atoms with Crippen LogP contribution in [-0.2, 0) is 4.79 Å². The van der Waals surface area contributed by atoms with Gasteiger partial charge in [-0.1, -0.05) is 73.4 Å². The van der Waals surface area contributed by atoms with Crippen LogP contribution in [0.1, 0.15) is 53.5 Å². The topological polar surface area (TPSA) is 61.8 Å². The summed E-state index contributed by atoms with van der Waals surface area (Å²) in [7, 11) is 0. The molecule has 0 spiro atoms. The predicted molar refractivity (Wildman–Crippen MR) is 141 cm³/mol. The summed E-state index contributed by atoms with van der Waals surface area (Å²) < 4.78 is 0. The predicted octanol–water partition coefficient (Wildman–Crippen LogP) is 5.97. The molecule has 1 N–H and O–H groups in total. The monoisotopic (exact) mass is 457 g/mol. The van der Waals surface area contributed by atoms with E-state index in [0.717, 1.165) is 23.0 Å². The van der Waals surface area contributed by atoms with E-state index in [1.54, 1.807) is 4.90 Å². The number of rotatable bonds is 7. The average molecular weight is 458 g/mol. The van der Waals surface area contributed by atoms with Crippen molar-refractivity contribution < 1.29 is 4.79 Å². The Labute approximate surface area is 194 Å². The number of amides is 1. The van der Waals surface area contributed by atoms with Crippen molar-refractivity contribution >= 4 is 30.1 Å². The Bertz CT molecular complexity index is 1000. The number of carbonyl (C=O) groups is 1. The average Bonchev–Trinajstić information content (AvgIpc) is 2.90. The van der Waals surface area contributed by atoms with Crippen molar-refractivity contribution in [2.45, 2.75) is 60.9 Å². The molecule has 176 valence electrons. The van der Waals surface area contributed by atoms with Crippen molar-refractivity contribution in [2.24, 2.45) is 16.0 Å². The number of anilines is 1. The molecule has 0 bridgehead atoms. The molecule has 0 saturated carbocycles. The largest absolute Gasteiger partial charge is 0.355 e. The third kappa shape index (κ3) is 5.81. The molecular formula is C26H40N3O2P. The van der Waals surface area contributed by atoms with Crippen molar-refractivity contribution in [3.05, 3.63) is 52.2 Å². The number of nitroso groups, excluding NO2 is 1. The number of carbonyl (C=O) groups excluding carboxylic acids is 1. The first kappa shape index (κ1) is 26.1. The molecule has 1 aromatic rings. The minimum atomic E-state index is -1.58. The van der Waals surface area contributed by atoms with Crippen LogP contribution in [0.4, 0.5) is 5.69 Å². The number of benzene rings is 1. The molecule has 5 nitrogen and oxygen atoms in total. The smallest absolute Gasteiger partial charge is 0.258 e. The highest BCUT2D eigenvalue weighted by Crippen LogP contribution is 2.42. The molecule has 0 saturated heterocycles. The van der Waals surface area contributed by atoms with Crippen molar-refractivity contribution in [3.8, 4) is 0 Å². The van der Waals surface area contributed by atoms with E-state index in [4.69, 9.17) is 0 Å². The number of nitrogens with one attached hydrogen (secondary N) is 1. The minimum Gasteiger partial charge on any atom is -0.355 e. The molecule has 32 heavy (non-hydrogen) atoms. The van der Waals surface area contributed by atoms with Gasteiger partial charge in [-0.3, -0.25) is 4.79 Å². The Morgan fingerprint density at radius 1 is 1.19 bits per heavy atom. The van der Waals surface area contributed by atoms with Crippen LogP contribution in [-0.4, -0.2) is 43.0 Å². The molecule has 1 atom stereocenters. The quantitative estimate of drug-likeness (QED) is 0.405. The Kier molecular flexibility index (Phi) is 7.36. The summed E-state index contributed by atoms with van der Waals surface area (Å²) in [6.07, 6.45) is 5.20. The maximum Gasteiger partial charge on any atom is 0.258 e. The van der Waals surface area contributed by atoms with E-state index in [-0.39, 0.29) is 22.4 Å². The van der Waals surface area contributed by atoms with E-state index < -0.39 is 12.9 Å². The fourth-order valence-electron chi connectivity index (χ4n) is 4.10. The van der Waals surface area contributed by atoms with Gasteiger partial charge in [0.25, 0.3) is 5.91 Å². The molecule has 1 aliphatic heterocycles. The zero-order valence-corrected chi connectivity index (χ0v) is 22.2. The van der Waals surface area contributed by atoms with Gasteiger partial charge in [0, 0.05) is 17.9 Å². The Hall–Kier alpha value is -2.13. The van der Waals surface area contributed by atoms with Crippen molar-refractivity contribution in [3.63, 3.8) is 0 Å². The fraction of sp³-hybridized carbons (Fsp3) is 0.538. The van der Waals surface area contributed by atoms with E-state index in [1.807, 2.05) is 33.8 Å². The molecule has 0 fully saturated rings. The van der Waals surface area contributed by atoms with E-state index in [2.05, 4.69) is 69.6 Å². The summed E-state index contributed by atoms with van der Waals surface area (Å²) in [6.45, 7) is 22.0. The molecular weight excluding hydrogens is 417 g/mol. The second kappa shape index (κ2) is 9.02. The normalized spacial score (nSPS) is 17.7. The second-order valence-electron chi connectivity index (χ2n) is 11.7.